The molecule has 0 unspecified atom stereocenters. The monoisotopic (exact) mass is 1040 g/mol. The van der Waals surface area contributed by atoms with E-state index in [2.05, 4.69) is 70.2 Å². The lowest BCUT2D eigenvalue weighted by Crippen LogP contribution is -2.35. The summed E-state index contributed by atoms with van der Waals surface area (Å²) in [4.78, 5) is 7.77. The smallest absolute Gasteiger partial charge is 0.137 e. The number of halogens is 2. The van der Waals surface area contributed by atoms with Crippen LogP contribution in [0.2, 0.25) is 10.0 Å². The third-order valence-electron chi connectivity index (χ3n) is 15.1. The summed E-state index contributed by atoms with van der Waals surface area (Å²) in [5, 5.41) is 1.51. The van der Waals surface area contributed by atoms with Crippen molar-refractivity contribution in [2.24, 2.45) is 17.8 Å². The topological polar surface area (TPSA) is 46.6 Å². The van der Waals surface area contributed by atoms with E-state index in [0.717, 1.165) is 104 Å². The summed E-state index contributed by atoms with van der Waals surface area (Å²) < 4.78 is 22.8. The van der Waals surface area contributed by atoms with Crippen LogP contribution < -0.4 is 18.9 Å². The summed E-state index contributed by atoms with van der Waals surface area (Å²) in [6.45, 7) is 15.3. The van der Waals surface area contributed by atoms with E-state index in [-0.39, 0.29) is 0 Å². The molecule has 3 saturated heterocycles. The molecule has 0 aromatic heterocycles. The Labute approximate surface area is 455 Å². The predicted octanol–water partition coefficient (Wildman–Crippen LogP) is 14.9. The summed E-state index contributed by atoms with van der Waals surface area (Å²) >= 11 is 12.1. The van der Waals surface area contributed by atoms with Gasteiger partial charge in [0.2, 0.25) is 0 Å². The zero-order chi connectivity index (χ0) is 51.4. The molecule has 9 rings (SSSR count). The summed E-state index contributed by atoms with van der Waals surface area (Å²) in [6, 6.07) is 53.6. The van der Waals surface area contributed by atoms with Crippen LogP contribution in [0, 0.1) is 24.7 Å². The van der Waals surface area contributed by atoms with Crippen LogP contribution in [0.4, 0.5) is 0 Å². The van der Waals surface area contributed by atoms with Gasteiger partial charge in [0, 0.05) is 24.7 Å². The van der Waals surface area contributed by atoms with Crippen LogP contribution >= 0.6 is 23.2 Å². The fourth-order valence-electron chi connectivity index (χ4n) is 10.4. The maximum Gasteiger partial charge on any atom is 0.137 e. The molecular weight excluding hydrogens is 958 g/mol. The van der Waals surface area contributed by atoms with Crippen LogP contribution in [0.1, 0.15) is 80.0 Å². The van der Waals surface area contributed by atoms with Crippen molar-refractivity contribution in [3.8, 4) is 23.0 Å². The van der Waals surface area contributed by atoms with Crippen LogP contribution in [0.5, 0.6) is 23.0 Å². The Kier molecular flexibility index (Phi) is 24.8. The molecule has 0 N–H and O–H groups in total. The van der Waals surface area contributed by atoms with E-state index in [9.17, 15) is 0 Å². The molecule has 0 saturated carbocycles. The molecule has 3 aliphatic heterocycles. The highest BCUT2D eigenvalue weighted by Gasteiger charge is 2.21. The second-order valence-electron chi connectivity index (χ2n) is 20.5. The van der Waals surface area contributed by atoms with Crippen molar-refractivity contribution in [2.75, 3.05) is 85.8 Å². The zero-order valence-corrected chi connectivity index (χ0v) is 46.0. The SMILES string of the molecule is COc1cc(CCN2CCC(CCOc3ccccc3)CC2)ccc1Cl.Cc1cccc(CCN2CCC(CCOc3ccccc3)CC2)c1.Clc1cccc(CCN2CCC(CCOc3ccccc3)CC2)c1. The molecule has 7 nitrogen and oxygen atoms in total. The summed E-state index contributed by atoms with van der Waals surface area (Å²) in [6.07, 6.45) is 14.5. The highest BCUT2D eigenvalue weighted by atomic mass is 35.5. The van der Waals surface area contributed by atoms with Gasteiger partial charge < -0.3 is 33.6 Å². The molecule has 0 radical (unpaired) electrons. The van der Waals surface area contributed by atoms with Gasteiger partial charge >= 0.3 is 0 Å². The average Bonchev–Trinajstić information content (AvgIpc) is 3.44. The van der Waals surface area contributed by atoms with Crippen LogP contribution in [0.15, 0.2) is 158 Å². The molecule has 74 heavy (non-hydrogen) atoms. The van der Waals surface area contributed by atoms with E-state index in [1.165, 1.54) is 119 Å². The van der Waals surface area contributed by atoms with Gasteiger partial charge in [-0.25, -0.2) is 0 Å². The minimum absolute atomic E-state index is 0.676. The highest BCUT2D eigenvalue weighted by molar-refractivity contribution is 6.32. The number of ether oxygens (including phenoxy) is 4. The number of para-hydroxylation sites is 3. The molecule has 0 bridgehead atoms. The minimum Gasteiger partial charge on any atom is -0.495 e. The van der Waals surface area contributed by atoms with Gasteiger partial charge in [-0.05, 0) is 218 Å². The second-order valence-corrected chi connectivity index (χ2v) is 21.4. The van der Waals surface area contributed by atoms with Gasteiger partial charge in [-0.2, -0.15) is 0 Å². The maximum absolute atomic E-state index is 6.10. The first kappa shape index (κ1) is 56.7. The Bertz CT molecular complexity index is 2310. The van der Waals surface area contributed by atoms with Crippen molar-refractivity contribution in [2.45, 2.75) is 84.0 Å². The number of hydrogen-bond donors (Lipinski definition) is 0. The molecule has 0 aliphatic carbocycles. The minimum atomic E-state index is 0.676. The van der Waals surface area contributed by atoms with Crippen molar-refractivity contribution in [1.82, 2.24) is 14.7 Å². The van der Waals surface area contributed by atoms with Crippen molar-refractivity contribution < 1.29 is 18.9 Å². The molecule has 0 amide bonds. The number of nitrogens with zero attached hydrogens (tertiary/aromatic N) is 3. The van der Waals surface area contributed by atoms with Gasteiger partial charge in [-0.3, -0.25) is 0 Å². The van der Waals surface area contributed by atoms with Gasteiger partial charge in [0.05, 0.1) is 32.0 Å². The van der Waals surface area contributed by atoms with E-state index >= 15 is 0 Å². The average molecular weight is 1040 g/mol. The first-order valence-corrected chi connectivity index (χ1v) is 28.4. The molecule has 0 spiro atoms. The van der Waals surface area contributed by atoms with E-state index < -0.39 is 0 Å². The van der Waals surface area contributed by atoms with Gasteiger partial charge in [-0.1, -0.05) is 126 Å². The standard InChI is InChI=1S/C22H28ClNO2.C22H29NO.C21H26ClNO/c1-25-22-17-19(7-8-21(22)23)11-15-24-13-9-18(10-14-24)12-16-26-20-5-3-2-4-6-20;1-19-6-5-7-21(18-19)12-16-23-14-10-20(11-15-23)13-17-24-22-8-3-2-4-9-22;22-20-6-4-5-19(17-20)11-15-23-13-9-18(10-14-23)12-16-24-21-7-2-1-3-8-21/h2-8,17-18H,9-16H2,1H3;2-9,18,20H,10-17H2,1H3;1-8,17-18H,9-16H2. The Balaban J connectivity index is 0.000000162. The van der Waals surface area contributed by atoms with Crippen LogP contribution in [0.25, 0.3) is 0 Å². The number of benzene rings is 6. The van der Waals surface area contributed by atoms with Gasteiger partial charge in [0.25, 0.3) is 0 Å². The number of aryl methyl sites for hydroxylation is 1. The molecular formula is C65H83Cl2N3O4. The lowest BCUT2D eigenvalue weighted by molar-refractivity contribution is 0.164. The van der Waals surface area contributed by atoms with Crippen LogP contribution in [0.3, 0.4) is 0 Å². The molecule has 3 heterocycles. The number of rotatable bonds is 22. The fraction of sp³-hybridized carbons (Fsp3) is 0.446. The molecule has 3 aliphatic rings. The van der Waals surface area contributed by atoms with E-state index in [0.29, 0.717) is 5.02 Å². The zero-order valence-electron chi connectivity index (χ0n) is 44.4. The third kappa shape index (κ3) is 21.3. The quantitative estimate of drug-likeness (QED) is 0.0671. The highest BCUT2D eigenvalue weighted by Crippen LogP contribution is 2.27. The van der Waals surface area contributed by atoms with Gasteiger partial charge in [0.15, 0.2) is 0 Å². The van der Waals surface area contributed by atoms with Crippen molar-refractivity contribution >= 4 is 23.2 Å². The van der Waals surface area contributed by atoms with Gasteiger partial charge in [-0.15, -0.1) is 0 Å². The lowest BCUT2D eigenvalue weighted by atomic mass is 9.93. The summed E-state index contributed by atoms with van der Waals surface area (Å²) in [7, 11) is 1.66. The molecule has 6 aromatic rings. The van der Waals surface area contributed by atoms with Crippen molar-refractivity contribution in [3.63, 3.8) is 0 Å². The molecule has 3 fully saturated rings. The van der Waals surface area contributed by atoms with Crippen molar-refractivity contribution in [1.29, 1.82) is 0 Å². The number of methoxy groups -OCH3 is 1. The number of likely N-dealkylation sites (tertiary alicyclic amines) is 3. The Hall–Kier alpha value is -5.02. The molecule has 9 heteroatoms. The van der Waals surface area contributed by atoms with Crippen LogP contribution in [-0.4, -0.2) is 101 Å². The van der Waals surface area contributed by atoms with E-state index in [1.54, 1.807) is 7.11 Å². The Morgan fingerprint density at radius 2 is 0.797 bits per heavy atom. The largest absolute Gasteiger partial charge is 0.495 e. The van der Waals surface area contributed by atoms with E-state index in [1.807, 2.05) is 109 Å². The summed E-state index contributed by atoms with van der Waals surface area (Å²) in [5.74, 6) is 6.12. The fourth-order valence-corrected chi connectivity index (χ4v) is 10.8. The Morgan fingerprint density at radius 3 is 1.18 bits per heavy atom. The first-order chi connectivity index (χ1) is 36.3. The molecule has 396 valence electrons. The lowest BCUT2D eigenvalue weighted by Gasteiger charge is -2.32. The Morgan fingerprint density at radius 1 is 0.419 bits per heavy atom. The molecule has 6 aromatic carbocycles. The van der Waals surface area contributed by atoms with Crippen LogP contribution in [-0.2, 0) is 19.3 Å². The second kappa shape index (κ2) is 32.4. The number of hydrogen-bond acceptors (Lipinski definition) is 7. The van der Waals surface area contributed by atoms with Crippen molar-refractivity contribution in [3.05, 3.63) is 190 Å². The van der Waals surface area contributed by atoms with E-state index in [4.69, 9.17) is 42.1 Å². The summed E-state index contributed by atoms with van der Waals surface area (Å²) in [5.41, 5.74) is 5.45. The number of piperidine rings is 3. The molecule has 0 atom stereocenters. The normalized spacial score (nSPS) is 16.1. The predicted molar refractivity (Wildman–Crippen MR) is 309 cm³/mol. The van der Waals surface area contributed by atoms with Gasteiger partial charge in [0.1, 0.15) is 23.0 Å². The maximum atomic E-state index is 6.10. The first-order valence-electron chi connectivity index (χ1n) is 27.7. The third-order valence-corrected chi connectivity index (χ3v) is 15.6.